The standard InChI is InChI=1S/C10H24N2Si/c1-9(2)12-13(11)10(3)7-5-4-6-8-10/h9,12-13H,4-8,11H2,1-3H3. The molecule has 0 aromatic carbocycles. The maximum absolute atomic E-state index is 6.31. The summed E-state index contributed by atoms with van der Waals surface area (Å²) in [6.45, 7) is 6.77. The zero-order chi connectivity index (χ0) is 9.90. The summed E-state index contributed by atoms with van der Waals surface area (Å²) in [5.41, 5.74) is 0. The Morgan fingerprint density at radius 2 is 1.77 bits per heavy atom. The summed E-state index contributed by atoms with van der Waals surface area (Å²) in [6, 6.07) is 0.556. The van der Waals surface area contributed by atoms with E-state index in [0.717, 1.165) is 0 Å². The lowest BCUT2D eigenvalue weighted by Gasteiger charge is -2.38. The molecule has 13 heavy (non-hydrogen) atoms. The Morgan fingerprint density at radius 3 is 2.23 bits per heavy atom. The Morgan fingerprint density at radius 1 is 1.23 bits per heavy atom. The molecule has 0 bridgehead atoms. The van der Waals surface area contributed by atoms with E-state index in [9.17, 15) is 0 Å². The highest BCUT2D eigenvalue weighted by Crippen LogP contribution is 2.42. The van der Waals surface area contributed by atoms with Crippen molar-refractivity contribution in [1.29, 1.82) is 0 Å². The minimum Gasteiger partial charge on any atom is -0.341 e. The van der Waals surface area contributed by atoms with Crippen LogP contribution in [-0.2, 0) is 0 Å². The van der Waals surface area contributed by atoms with E-state index in [4.69, 9.17) is 5.40 Å². The molecule has 0 radical (unpaired) electrons. The Balaban J connectivity index is 2.46. The molecular weight excluding hydrogens is 176 g/mol. The van der Waals surface area contributed by atoms with Gasteiger partial charge in [-0.05, 0) is 23.9 Å². The van der Waals surface area contributed by atoms with Crippen LogP contribution in [0.2, 0.25) is 5.04 Å². The van der Waals surface area contributed by atoms with Crippen LogP contribution in [0, 0.1) is 0 Å². The number of nitrogens with two attached hydrogens (primary N) is 1. The van der Waals surface area contributed by atoms with Crippen molar-refractivity contribution >= 4 is 9.12 Å². The molecule has 1 aliphatic rings. The second kappa shape index (κ2) is 4.58. The lowest BCUT2D eigenvalue weighted by atomic mass is 9.90. The molecule has 78 valence electrons. The van der Waals surface area contributed by atoms with E-state index in [1.807, 2.05) is 0 Å². The Hall–Kier alpha value is 0.137. The molecule has 3 heteroatoms. The molecule has 0 aromatic rings. The van der Waals surface area contributed by atoms with Gasteiger partial charge in [0.2, 0.25) is 0 Å². The average molecular weight is 200 g/mol. The highest BCUT2D eigenvalue weighted by atomic mass is 28.3. The summed E-state index contributed by atoms with van der Waals surface area (Å²) in [5, 5.41) is 6.79. The lowest BCUT2D eigenvalue weighted by molar-refractivity contribution is 0.386. The van der Waals surface area contributed by atoms with Crippen LogP contribution >= 0.6 is 0 Å². The monoisotopic (exact) mass is 200 g/mol. The summed E-state index contributed by atoms with van der Waals surface area (Å²) >= 11 is 0. The van der Waals surface area contributed by atoms with E-state index < -0.39 is 9.12 Å². The van der Waals surface area contributed by atoms with Crippen molar-refractivity contribution < 1.29 is 0 Å². The van der Waals surface area contributed by atoms with Crippen molar-refractivity contribution in [3.63, 3.8) is 0 Å². The number of hydrogen-bond acceptors (Lipinski definition) is 2. The van der Waals surface area contributed by atoms with Crippen LogP contribution in [0.5, 0.6) is 0 Å². The van der Waals surface area contributed by atoms with E-state index in [0.29, 0.717) is 11.1 Å². The van der Waals surface area contributed by atoms with Crippen LogP contribution in [0.1, 0.15) is 52.9 Å². The first-order valence-electron chi connectivity index (χ1n) is 5.56. The molecule has 0 aliphatic heterocycles. The molecule has 2 nitrogen and oxygen atoms in total. The van der Waals surface area contributed by atoms with Gasteiger partial charge in [-0.15, -0.1) is 0 Å². The second-order valence-corrected chi connectivity index (χ2v) is 7.70. The molecule has 1 saturated carbocycles. The summed E-state index contributed by atoms with van der Waals surface area (Å²) in [5.74, 6) is 0. The van der Waals surface area contributed by atoms with Gasteiger partial charge in [0.25, 0.3) is 0 Å². The van der Waals surface area contributed by atoms with E-state index in [1.165, 1.54) is 32.1 Å². The molecule has 1 fully saturated rings. The third-order valence-corrected chi connectivity index (χ3v) is 6.36. The van der Waals surface area contributed by atoms with Crippen molar-refractivity contribution in [3.05, 3.63) is 0 Å². The fourth-order valence-electron chi connectivity index (χ4n) is 2.23. The van der Waals surface area contributed by atoms with Gasteiger partial charge >= 0.3 is 0 Å². The number of hydrogen-bond donors (Lipinski definition) is 2. The van der Waals surface area contributed by atoms with Gasteiger partial charge in [0.15, 0.2) is 9.12 Å². The largest absolute Gasteiger partial charge is 0.341 e. The van der Waals surface area contributed by atoms with Gasteiger partial charge in [-0.1, -0.05) is 40.0 Å². The van der Waals surface area contributed by atoms with Gasteiger partial charge in [0.05, 0.1) is 0 Å². The molecular formula is C10H24N2Si. The van der Waals surface area contributed by atoms with E-state index in [-0.39, 0.29) is 0 Å². The topological polar surface area (TPSA) is 38.0 Å². The summed E-state index contributed by atoms with van der Waals surface area (Å²) in [4.78, 5) is 3.57. The minimum absolute atomic E-state index is 0.475. The van der Waals surface area contributed by atoms with E-state index >= 15 is 0 Å². The van der Waals surface area contributed by atoms with Crippen LogP contribution in [0.3, 0.4) is 0 Å². The van der Waals surface area contributed by atoms with Crippen molar-refractivity contribution in [3.8, 4) is 0 Å². The van der Waals surface area contributed by atoms with Crippen LogP contribution in [-0.4, -0.2) is 15.2 Å². The van der Waals surface area contributed by atoms with Gasteiger partial charge in [-0.3, -0.25) is 0 Å². The SMILES string of the molecule is CC(C)N[SiH](N)C1(C)CCCCC1. The maximum atomic E-state index is 6.31. The average Bonchev–Trinajstić information content (AvgIpc) is 2.04. The molecule has 3 N–H and O–H groups in total. The quantitative estimate of drug-likeness (QED) is 0.683. The van der Waals surface area contributed by atoms with Crippen molar-refractivity contribution in [2.75, 3.05) is 0 Å². The number of nitrogens with one attached hydrogen (secondary N) is 1. The van der Waals surface area contributed by atoms with Crippen molar-refractivity contribution in [2.24, 2.45) is 5.40 Å². The highest BCUT2D eigenvalue weighted by Gasteiger charge is 2.34. The highest BCUT2D eigenvalue weighted by molar-refractivity contribution is 6.56. The fourth-order valence-corrected chi connectivity index (χ4v) is 4.38. The molecule has 0 amide bonds. The lowest BCUT2D eigenvalue weighted by Crippen LogP contribution is -2.54. The fraction of sp³-hybridized carbons (Fsp3) is 1.00. The van der Waals surface area contributed by atoms with Gasteiger partial charge in [-0.25, -0.2) is 0 Å². The van der Waals surface area contributed by atoms with Gasteiger partial charge in [0, 0.05) is 0 Å². The van der Waals surface area contributed by atoms with Crippen molar-refractivity contribution in [2.45, 2.75) is 64.0 Å². The molecule has 0 heterocycles. The Labute approximate surface area is 84.0 Å². The molecule has 1 unspecified atom stereocenters. The maximum Gasteiger partial charge on any atom is 0.188 e. The first-order valence-corrected chi connectivity index (χ1v) is 7.38. The van der Waals surface area contributed by atoms with Crippen LogP contribution < -0.4 is 10.4 Å². The third kappa shape index (κ3) is 3.08. The molecule has 0 spiro atoms. The van der Waals surface area contributed by atoms with E-state index in [2.05, 4.69) is 25.8 Å². The van der Waals surface area contributed by atoms with Crippen LogP contribution in [0.4, 0.5) is 0 Å². The van der Waals surface area contributed by atoms with Crippen LogP contribution in [0.15, 0.2) is 0 Å². The summed E-state index contributed by atoms with van der Waals surface area (Å²) in [6.07, 6.45) is 6.88. The summed E-state index contributed by atoms with van der Waals surface area (Å²) in [7, 11) is -1.21. The predicted molar refractivity (Wildman–Crippen MR) is 61.1 cm³/mol. The Kier molecular flexibility index (Phi) is 3.95. The van der Waals surface area contributed by atoms with Crippen LogP contribution in [0.25, 0.3) is 0 Å². The first kappa shape index (κ1) is 11.2. The predicted octanol–water partition coefficient (Wildman–Crippen LogP) is 1.89. The zero-order valence-corrected chi connectivity index (χ0v) is 10.4. The molecule has 1 rings (SSSR count). The molecule has 0 aromatic heterocycles. The first-order chi connectivity index (χ1) is 6.04. The minimum atomic E-state index is -1.21. The molecule has 0 saturated heterocycles. The normalized spacial score (nSPS) is 24.7. The Bertz CT molecular complexity index is 153. The molecule has 1 aliphatic carbocycles. The van der Waals surface area contributed by atoms with Crippen molar-refractivity contribution in [1.82, 2.24) is 4.98 Å². The molecule has 1 atom stereocenters. The zero-order valence-electron chi connectivity index (χ0n) is 9.27. The van der Waals surface area contributed by atoms with Gasteiger partial charge < -0.3 is 10.4 Å². The summed E-state index contributed by atoms with van der Waals surface area (Å²) < 4.78 is 0. The second-order valence-electron chi connectivity index (χ2n) is 5.01. The van der Waals surface area contributed by atoms with Gasteiger partial charge in [0.1, 0.15) is 0 Å². The number of rotatable bonds is 3. The third-order valence-electron chi connectivity index (χ3n) is 3.26. The smallest absolute Gasteiger partial charge is 0.188 e. The van der Waals surface area contributed by atoms with Gasteiger partial charge in [-0.2, -0.15) is 0 Å². The van der Waals surface area contributed by atoms with E-state index in [1.54, 1.807) is 0 Å².